The van der Waals surface area contributed by atoms with Gasteiger partial charge in [-0.15, -0.1) is 0 Å². The minimum Gasteiger partial charge on any atom is -0.504 e. The van der Waals surface area contributed by atoms with Gasteiger partial charge in [-0.3, -0.25) is 4.79 Å². The van der Waals surface area contributed by atoms with Crippen molar-refractivity contribution in [3.8, 4) is 11.5 Å². The first-order valence-corrected chi connectivity index (χ1v) is 4.13. The molecule has 0 saturated heterocycles. The molecule has 14 heavy (non-hydrogen) atoms. The zero-order chi connectivity index (χ0) is 10.3. The van der Waals surface area contributed by atoms with Gasteiger partial charge in [0.05, 0.1) is 5.52 Å². The van der Waals surface area contributed by atoms with Crippen molar-refractivity contribution in [1.29, 1.82) is 0 Å². The number of benzene rings is 1. The second-order valence-corrected chi connectivity index (χ2v) is 3.20. The quantitative estimate of drug-likeness (QED) is 0.548. The van der Waals surface area contributed by atoms with E-state index in [2.05, 4.69) is 4.98 Å². The number of pyridine rings is 1. The van der Waals surface area contributed by atoms with Crippen LogP contribution in [0.25, 0.3) is 10.9 Å². The van der Waals surface area contributed by atoms with Gasteiger partial charge in [0.25, 0.3) is 0 Å². The molecule has 0 fully saturated rings. The predicted octanol–water partition coefficient (Wildman–Crippen LogP) is 1.25. The summed E-state index contributed by atoms with van der Waals surface area (Å²) in [6.45, 7) is 1.77. The SMILES string of the molecule is Cc1cc(=O)[nH]c2cc(O)c(O)cc12. The van der Waals surface area contributed by atoms with Crippen LogP contribution in [0, 0.1) is 6.92 Å². The summed E-state index contributed by atoms with van der Waals surface area (Å²) >= 11 is 0. The van der Waals surface area contributed by atoms with E-state index in [4.69, 9.17) is 0 Å². The van der Waals surface area contributed by atoms with Crippen molar-refractivity contribution >= 4 is 10.9 Å². The van der Waals surface area contributed by atoms with E-state index >= 15 is 0 Å². The molecule has 72 valence electrons. The Hall–Kier alpha value is -1.97. The van der Waals surface area contributed by atoms with Crippen LogP contribution in [0.1, 0.15) is 5.56 Å². The molecule has 0 aliphatic heterocycles. The average molecular weight is 191 g/mol. The fourth-order valence-corrected chi connectivity index (χ4v) is 1.45. The molecule has 0 unspecified atom stereocenters. The van der Waals surface area contributed by atoms with Gasteiger partial charge in [0.15, 0.2) is 11.5 Å². The summed E-state index contributed by atoms with van der Waals surface area (Å²) in [5.41, 5.74) is 1.06. The molecule has 2 rings (SSSR count). The normalized spacial score (nSPS) is 10.6. The molecule has 1 aromatic carbocycles. The van der Waals surface area contributed by atoms with E-state index in [0.717, 1.165) is 10.9 Å². The number of fused-ring (bicyclic) bond motifs is 1. The van der Waals surface area contributed by atoms with Crippen molar-refractivity contribution in [3.05, 3.63) is 34.1 Å². The van der Waals surface area contributed by atoms with Crippen LogP contribution < -0.4 is 5.56 Å². The van der Waals surface area contributed by atoms with E-state index in [1.165, 1.54) is 18.2 Å². The Morgan fingerprint density at radius 2 is 1.79 bits per heavy atom. The second-order valence-electron chi connectivity index (χ2n) is 3.20. The summed E-state index contributed by atoms with van der Waals surface area (Å²) < 4.78 is 0. The first-order chi connectivity index (χ1) is 6.58. The molecule has 1 aromatic heterocycles. The van der Waals surface area contributed by atoms with E-state index in [9.17, 15) is 15.0 Å². The maximum Gasteiger partial charge on any atom is 0.248 e. The highest BCUT2D eigenvalue weighted by molar-refractivity contribution is 5.85. The maximum atomic E-state index is 11.1. The van der Waals surface area contributed by atoms with Gasteiger partial charge in [0, 0.05) is 17.5 Å². The lowest BCUT2D eigenvalue weighted by atomic mass is 10.1. The van der Waals surface area contributed by atoms with Crippen molar-refractivity contribution in [1.82, 2.24) is 4.98 Å². The molecule has 1 heterocycles. The number of hydrogen-bond acceptors (Lipinski definition) is 3. The van der Waals surface area contributed by atoms with Gasteiger partial charge < -0.3 is 15.2 Å². The Morgan fingerprint density at radius 3 is 2.50 bits per heavy atom. The average Bonchev–Trinajstić information content (AvgIpc) is 2.08. The summed E-state index contributed by atoms with van der Waals surface area (Å²) in [6.07, 6.45) is 0. The van der Waals surface area contributed by atoms with Crippen molar-refractivity contribution < 1.29 is 10.2 Å². The van der Waals surface area contributed by atoms with Crippen molar-refractivity contribution in [2.75, 3.05) is 0 Å². The maximum absolute atomic E-state index is 11.1. The summed E-state index contributed by atoms with van der Waals surface area (Å²) in [6, 6.07) is 4.20. The molecule has 0 radical (unpaired) electrons. The minimum absolute atomic E-state index is 0.187. The van der Waals surface area contributed by atoms with Gasteiger partial charge in [-0.1, -0.05) is 0 Å². The van der Waals surface area contributed by atoms with Gasteiger partial charge in [-0.2, -0.15) is 0 Å². The van der Waals surface area contributed by atoms with Crippen LogP contribution in [0.15, 0.2) is 23.0 Å². The van der Waals surface area contributed by atoms with E-state index in [1.54, 1.807) is 6.92 Å². The molecular weight excluding hydrogens is 182 g/mol. The largest absolute Gasteiger partial charge is 0.504 e. The number of nitrogens with one attached hydrogen (secondary N) is 1. The van der Waals surface area contributed by atoms with Gasteiger partial charge in [-0.05, 0) is 18.6 Å². The number of phenolic OH excluding ortho intramolecular Hbond substituents is 2. The summed E-state index contributed by atoms with van der Waals surface area (Å²) in [7, 11) is 0. The highest BCUT2D eigenvalue weighted by atomic mass is 16.3. The predicted molar refractivity (Wildman–Crippen MR) is 52.6 cm³/mol. The fourth-order valence-electron chi connectivity index (χ4n) is 1.45. The lowest BCUT2D eigenvalue weighted by molar-refractivity contribution is 0.405. The van der Waals surface area contributed by atoms with E-state index < -0.39 is 0 Å². The third-order valence-electron chi connectivity index (χ3n) is 2.15. The van der Waals surface area contributed by atoms with Crippen molar-refractivity contribution in [2.45, 2.75) is 6.92 Å². The van der Waals surface area contributed by atoms with Gasteiger partial charge in [-0.25, -0.2) is 0 Å². The number of aromatic amines is 1. The highest BCUT2D eigenvalue weighted by Gasteiger charge is 2.05. The lowest BCUT2D eigenvalue weighted by Gasteiger charge is -2.03. The molecule has 0 saturated carbocycles. The van der Waals surface area contributed by atoms with Crippen molar-refractivity contribution in [3.63, 3.8) is 0 Å². The third-order valence-corrected chi connectivity index (χ3v) is 2.15. The Kier molecular flexibility index (Phi) is 1.70. The number of hydrogen-bond donors (Lipinski definition) is 3. The standard InChI is InChI=1S/C10H9NO3/c1-5-2-10(14)11-7-4-9(13)8(12)3-6(5)7/h2-4,12-13H,1H3,(H,11,14). The van der Waals surface area contributed by atoms with Crippen molar-refractivity contribution in [2.24, 2.45) is 0 Å². The van der Waals surface area contributed by atoms with Gasteiger partial charge in [0.2, 0.25) is 5.56 Å². The van der Waals surface area contributed by atoms with Gasteiger partial charge >= 0.3 is 0 Å². The molecule has 3 N–H and O–H groups in total. The molecule has 0 spiro atoms. The summed E-state index contributed by atoms with van der Waals surface area (Å²) in [4.78, 5) is 13.7. The molecule has 0 aliphatic rings. The summed E-state index contributed by atoms with van der Waals surface area (Å²) in [5.74, 6) is -0.425. The number of phenols is 2. The van der Waals surface area contributed by atoms with Crippen LogP contribution in [0.4, 0.5) is 0 Å². The number of aromatic nitrogens is 1. The topological polar surface area (TPSA) is 73.3 Å². The molecule has 4 heteroatoms. The number of H-pyrrole nitrogens is 1. The monoisotopic (exact) mass is 191 g/mol. The van der Waals surface area contributed by atoms with Crippen LogP contribution in [0.5, 0.6) is 11.5 Å². The van der Waals surface area contributed by atoms with E-state index in [-0.39, 0.29) is 17.1 Å². The second kappa shape index (κ2) is 2.77. The van der Waals surface area contributed by atoms with Crippen LogP contribution >= 0.6 is 0 Å². The first-order valence-electron chi connectivity index (χ1n) is 4.13. The van der Waals surface area contributed by atoms with Crippen LogP contribution in [-0.2, 0) is 0 Å². The molecule has 0 bridgehead atoms. The van der Waals surface area contributed by atoms with E-state index in [1.807, 2.05) is 0 Å². The Balaban J connectivity index is 2.96. The highest BCUT2D eigenvalue weighted by Crippen LogP contribution is 2.29. The molecule has 0 amide bonds. The zero-order valence-electron chi connectivity index (χ0n) is 7.53. The smallest absolute Gasteiger partial charge is 0.248 e. The van der Waals surface area contributed by atoms with Gasteiger partial charge in [0.1, 0.15) is 0 Å². The molecule has 4 nitrogen and oxygen atoms in total. The fraction of sp³-hybridized carbons (Fsp3) is 0.100. The third kappa shape index (κ3) is 1.21. The zero-order valence-corrected chi connectivity index (χ0v) is 7.53. The van der Waals surface area contributed by atoms with Crippen LogP contribution in [0.2, 0.25) is 0 Å². The Bertz CT molecular complexity index is 557. The molecule has 0 aliphatic carbocycles. The number of aromatic hydroxyl groups is 2. The summed E-state index contributed by atoms with van der Waals surface area (Å²) in [5, 5.41) is 19.2. The lowest BCUT2D eigenvalue weighted by Crippen LogP contribution is -2.04. The Labute approximate surface area is 79.4 Å². The minimum atomic E-state index is -0.237. The first kappa shape index (κ1) is 8.62. The molecular formula is C10H9NO3. The Morgan fingerprint density at radius 1 is 1.14 bits per heavy atom. The number of aryl methyl sites for hydroxylation is 1. The van der Waals surface area contributed by atoms with E-state index in [0.29, 0.717) is 5.52 Å². The molecule has 0 atom stereocenters. The van der Waals surface area contributed by atoms with Crippen LogP contribution in [-0.4, -0.2) is 15.2 Å². The van der Waals surface area contributed by atoms with Crippen LogP contribution in [0.3, 0.4) is 0 Å². The molecule has 2 aromatic rings. The number of rotatable bonds is 0.